The lowest BCUT2D eigenvalue weighted by molar-refractivity contribution is -0.137. The van der Waals surface area contributed by atoms with Gasteiger partial charge in [-0.25, -0.2) is 8.42 Å². The molecule has 1 fully saturated rings. The third-order valence-electron chi connectivity index (χ3n) is 2.84. The second kappa shape index (κ2) is 5.63. The largest absolute Gasteiger partial charge is 0.480 e. The van der Waals surface area contributed by atoms with Gasteiger partial charge < -0.3 is 5.11 Å². The number of nitrogens with zero attached hydrogens (tertiary/aromatic N) is 1. The molecule has 0 aromatic rings. The van der Waals surface area contributed by atoms with Crippen LogP contribution in [-0.2, 0) is 14.8 Å². The van der Waals surface area contributed by atoms with Crippen molar-refractivity contribution in [2.45, 2.75) is 45.1 Å². The van der Waals surface area contributed by atoms with E-state index < -0.39 is 22.5 Å². The average Bonchev–Trinajstić information content (AvgIpc) is 2.66. The molecule has 0 unspecified atom stereocenters. The van der Waals surface area contributed by atoms with Gasteiger partial charge in [0.2, 0.25) is 10.0 Å². The van der Waals surface area contributed by atoms with E-state index in [0.29, 0.717) is 6.42 Å². The van der Waals surface area contributed by atoms with Gasteiger partial charge in [0.25, 0.3) is 0 Å². The van der Waals surface area contributed by atoms with Gasteiger partial charge in [0.1, 0.15) is 6.54 Å². The molecule has 5 nitrogen and oxygen atoms in total. The van der Waals surface area contributed by atoms with Crippen LogP contribution in [-0.4, -0.2) is 42.1 Å². The monoisotopic (exact) mass is 249 g/mol. The van der Waals surface area contributed by atoms with Gasteiger partial charge in [0.15, 0.2) is 0 Å². The van der Waals surface area contributed by atoms with Crippen LogP contribution in [0, 0.1) is 0 Å². The summed E-state index contributed by atoms with van der Waals surface area (Å²) in [7, 11) is -3.40. The van der Waals surface area contributed by atoms with E-state index in [2.05, 4.69) is 0 Å². The first-order valence-electron chi connectivity index (χ1n) is 5.68. The fraction of sp³-hybridized carbons (Fsp3) is 0.900. The molecule has 0 bridgehead atoms. The molecule has 0 heterocycles. The fourth-order valence-corrected chi connectivity index (χ4v) is 3.88. The van der Waals surface area contributed by atoms with Gasteiger partial charge in [0, 0.05) is 6.04 Å². The van der Waals surface area contributed by atoms with Crippen LogP contribution in [0.2, 0.25) is 0 Å². The molecule has 0 aromatic heterocycles. The zero-order chi connectivity index (χ0) is 12.2. The molecule has 0 aromatic carbocycles. The number of carboxylic acids is 1. The van der Waals surface area contributed by atoms with E-state index in [1.54, 1.807) is 6.92 Å². The number of carboxylic acid groups (broad SMARTS) is 1. The standard InChI is InChI=1S/C10H19NO4S/c1-2-7-16(14,15)11(8-10(12)13)9-5-3-4-6-9/h9H,2-8H2,1H3,(H,12,13). The van der Waals surface area contributed by atoms with E-state index in [4.69, 9.17) is 5.11 Å². The fourth-order valence-electron chi connectivity index (χ4n) is 2.16. The summed E-state index contributed by atoms with van der Waals surface area (Å²) in [6.45, 7) is 1.39. The Morgan fingerprint density at radius 1 is 1.38 bits per heavy atom. The second-order valence-electron chi connectivity index (χ2n) is 4.19. The summed E-state index contributed by atoms with van der Waals surface area (Å²) in [5, 5.41) is 8.77. The van der Waals surface area contributed by atoms with Crippen molar-refractivity contribution >= 4 is 16.0 Å². The Bertz CT molecular complexity index is 333. The van der Waals surface area contributed by atoms with Gasteiger partial charge in [-0.15, -0.1) is 0 Å². The van der Waals surface area contributed by atoms with Gasteiger partial charge in [-0.1, -0.05) is 19.8 Å². The first-order valence-corrected chi connectivity index (χ1v) is 7.29. The molecule has 0 atom stereocenters. The summed E-state index contributed by atoms with van der Waals surface area (Å²) in [5.41, 5.74) is 0. The zero-order valence-electron chi connectivity index (χ0n) is 9.55. The molecule has 0 radical (unpaired) electrons. The third-order valence-corrected chi connectivity index (χ3v) is 4.91. The summed E-state index contributed by atoms with van der Waals surface area (Å²) in [4.78, 5) is 10.7. The lowest BCUT2D eigenvalue weighted by Crippen LogP contribution is -2.43. The molecule has 1 saturated carbocycles. The molecule has 0 aliphatic heterocycles. The SMILES string of the molecule is CCCS(=O)(=O)N(CC(=O)O)C1CCCC1. The first kappa shape index (κ1) is 13.4. The van der Waals surface area contributed by atoms with Gasteiger partial charge >= 0.3 is 5.97 Å². The summed E-state index contributed by atoms with van der Waals surface area (Å²) in [6, 6.07) is -0.104. The van der Waals surface area contributed by atoms with Crippen molar-refractivity contribution in [3.63, 3.8) is 0 Å². The molecule has 0 saturated heterocycles. The van der Waals surface area contributed by atoms with Crippen molar-refractivity contribution in [2.75, 3.05) is 12.3 Å². The number of hydrogen-bond donors (Lipinski definition) is 1. The normalized spacial score (nSPS) is 18.1. The molecule has 1 aliphatic rings. The van der Waals surface area contributed by atoms with Gasteiger partial charge in [0.05, 0.1) is 5.75 Å². The van der Waals surface area contributed by atoms with E-state index in [1.807, 2.05) is 0 Å². The average molecular weight is 249 g/mol. The molecule has 1 N–H and O–H groups in total. The minimum Gasteiger partial charge on any atom is -0.480 e. The summed E-state index contributed by atoms with van der Waals surface area (Å²) < 4.78 is 25.0. The second-order valence-corrected chi connectivity index (χ2v) is 6.23. The predicted molar refractivity (Wildman–Crippen MR) is 60.7 cm³/mol. The van der Waals surface area contributed by atoms with E-state index in [9.17, 15) is 13.2 Å². The quantitative estimate of drug-likeness (QED) is 0.763. The van der Waals surface area contributed by atoms with E-state index in [0.717, 1.165) is 25.7 Å². The zero-order valence-corrected chi connectivity index (χ0v) is 10.4. The van der Waals surface area contributed by atoms with Crippen molar-refractivity contribution in [2.24, 2.45) is 0 Å². The highest BCUT2D eigenvalue weighted by molar-refractivity contribution is 7.89. The Morgan fingerprint density at radius 2 is 1.94 bits per heavy atom. The van der Waals surface area contributed by atoms with Crippen LogP contribution in [0.5, 0.6) is 0 Å². The minimum absolute atomic E-state index is 0.0385. The maximum absolute atomic E-state index is 11.9. The summed E-state index contributed by atoms with van der Waals surface area (Å²) >= 11 is 0. The molecule has 0 spiro atoms. The molecular weight excluding hydrogens is 230 g/mol. The maximum atomic E-state index is 11.9. The predicted octanol–water partition coefficient (Wildman–Crippen LogP) is 1.06. The first-order chi connectivity index (χ1) is 7.47. The van der Waals surface area contributed by atoms with E-state index in [-0.39, 0.29) is 11.8 Å². The van der Waals surface area contributed by atoms with Crippen molar-refractivity contribution in [1.29, 1.82) is 0 Å². The Hall–Kier alpha value is -0.620. The molecule has 6 heteroatoms. The Morgan fingerprint density at radius 3 is 2.38 bits per heavy atom. The Balaban J connectivity index is 2.81. The number of aliphatic carboxylic acids is 1. The molecule has 16 heavy (non-hydrogen) atoms. The lowest BCUT2D eigenvalue weighted by atomic mass is 10.2. The Labute approximate surface area is 96.5 Å². The highest BCUT2D eigenvalue weighted by atomic mass is 32.2. The van der Waals surface area contributed by atoms with Crippen LogP contribution in [0.25, 0.3) is 0 Å². The highest BCUT2D eigenvalue weighted by Gasteiger charge is 2.32. The van der Waals surface area contributed by atoms with Gasteiger partial charge in [-0.2, -0.15) is 4.31 Å². The molecule has 1 aliphatic carbocycles. The number of carbonyl (C=O) groups is 1. The van der Waals surface area contributed by atoms with Gasteiger partial charge in [-0.05, 0) is 19.3 Å². The van der Waals surface area contributed by atoms with Crippen molar-refractivity contribution in [3.05, 3.63) is 0 Å². The van der Waals surface area contributed by atoms with Crippen LogP contribution in [0.15, 0.2) is 0 Å². The van der Waals surface area contributed by atoms with Gasteiger partial charge in [-0.3, -0.25) is 4.79 Å². The van der Waals surface area contributed by atoms with Crippen molar-refractivity contribution in [3.8, 4) is 0 Å². The number of hydrogen-bond acceptors (Lipinski definition) is 3. The summed E-state index contributed by atoms with van der Waals surface area (Å²) in [5.74, 6) is -1.04. The van der Waals surface area contributed by atoms with Crippen LogP contribution < -0.4 is 0 Å². The smallest absolute Gasteiger partial charge is 0.318 e. The van der Waals surface area contributed by atoms with Crippen LogP contribution in [0.1, 0.15) is 39.0 Å². The maximum Gasteiger partial charge on any atom is 0.318 e. The molecule has 94 valence electrons. The number of sulfonamides is 1. The van der Waals surface area contributed by atoms with Crippen molar-refractivity contribution < 1.29 is 18.3 Å². The van der Waals surface area contributed by atoms with Crippen LogP contribution in [0.3, 0.4) is 0 Å². The van der Waals surface area contributed by atoms with E-state index >= 15 is 0 Å². The third kappa shape index (κ3) is 3.45. The molecule has 1 rings (SSSR count). The summed E-state index contributed by atoms with van der Waals surface area (Å²) in [6.07, 6.45) is 4.07. The highest BCUT2D eigenvalue weighted by Crippen LogP contribution is 2.25. The topological polar surface area (TPSA) is 74.7 Å². The van der Waals surface area contributed by atoms with Crippen molar-refractivity contribution in [1.82, 2.24) is 4.31 Å². The molecular formula is C10H19NO4S. The van der Waals surface area contributed by atoms with E-state index in [1.165, 1.54) is 4.31 Å². The molecule has 0 amide bonds. The van der Waals surface area contributed by atoms with Crippen LogP contribution >= 0.6 is 0 Å². The number of rotatable bonds is 6. The lowest BCUT2D eigenvalue weighted by Gasteiger charge is -2.26. The van der Waals surface area contributed by atoms with Crippen LogP contribution in [0.4, 0.5) is 0 Å². The minimum atomic E-state index is -3.40. The Kier molecular flexibility index (Phi) is 4.73.